The SMILES string of the molecule is CCCCCCCCCCCCCCCCCCCCCCCCCCCCCCCCCCCC(O)C(CO)NC(=O)CCCCCCCCCCCCCCCCCCCCCCCCCCCCCCCCC. The van der Waals surface area contributed by atoms with Gasteiger partial charge in [0.2, 0.25) is 5.91 Å². The largest absolute Gasteiger partial charge is 0.394 e. The van der Waals surface area contributed by atoms with E-state index in [1.165, 1.54) is 385 Å². The molecule has 76 heavy (non-hydrogen) atoms. The lowest BCUT2D eigenvalue weighted by Crippen LogP contribution is -2.45. The van der Waals surface area contributed by atoms with Crippen LogP contribution >= 0.6 is 0 Å². The van der Waals surface area contributed by atoms with Crippen molar-refractivity contribution < 1.29 is 15.0 Å². The predicted octanol–water partition coefficient (Wildman–Crippen LogP) is 24.6. The second kappa shape index (κ2) is 68.7. The minimum absolute atomic E-state index is 0.0188. The highest BCUT2D eigenvalue weighted by molar-refractivity contribution is 5.76. The lowest BCUT2D eigenvalue weighted by Gasteiger charge is -2.22. The molecule has 0 saturated carbocycles. The lowest BCUT2D eigenvalue weighted by atomic mass is 10.0. The first-order valence-corrected chi connectivity index (χ1v) is 36.2. The van der Waals surface area contributed by atoms with Crippen LogP contribution in [0.5, 0.6) is 0 Å². The van der Waals surface area contributed by atoms with Gasteiger partial charge in [-0.1, -0.05) is 418 Å². The second-order valence-corrected chi connectivity index (χ2v) is 25.4. The first kappa shape index (κ1) is 75.4. The maximum absolute atomic E-state index is 12.6. The number of hydrogen-bond acceptors (Lipinski definition) is 3. The Morgan fingerprint density at radius 2 is 0.421 bits per heavy atom. The van der Waals surface area contributed by atoms with Gasteiger partial charge in [-0.25, -0.2) is 0 Å². The van der Waals surface area contributed by atoms with Crippen molar-refractivity contribution in [3.8, 4) is 0 Å². The smallest absolute Gasteiger partial charge is 0.220 e. The summed E-state index contributed by atoms with van der Waals surface area (Å²) in [5.74, 6) is -0.0188. The first-order valence-electron chi connectivity index (χ1n) is 36.2. The van der Waals surface area contributed by atoms with Crippen LogP contribution in [-0.2, 0) is 4.79 Å². The minimum Gasteiger partial charge on any atom is -0.394 e. The molecule has 0 aromatic heterocycles. The molecule has 0 aliphatic rings. The van der Waals surface area contributed by atoms with Gasteiger partial charge in [-0.3, -0.25) is 4.79 Å². The third-order valence-corrected chi connectivity index (χ3v) is 17.6. The molecule has 2 unspecified atom stereocenters. The predicted molar refractivity (Wildman–Crippen MR) is 341 cm³/mol. The molecule has 0 saturated heterocycles. The molecule has 2 atom stereocenters. The third-order valence-electron chi connectivity index (χ3n) is 17.6. The van der Waals surface area contributed by atoms with E-state index >= 15 is 0 Å². The quantitative estimate of drug-likeness (QED) is 0.0532. The molecule has 0 aromatic carbocycles. The molecule has 0 radical (unpaired) electrons. The Hall–Kier alpha value is -0.610. The van der Waals surface area contributed by atoms with Gasteiger partial charge in [0, 0.05) is 6.42 Å². The summed E-state index contributed by atoms with van der Waals surface area (Å²) in [5.41, 5.74) is 0. The van der Waals surface area contributed by atoms with Crippen LogP contribution in [-0.4, -0.2) is 34.9 Å². The van der Waals surface area contributed by atoms with E-state index in [2.05, 4.69) is 19.2 Å². The number of amides is 1. The van der Waals surface area contributed by atoms with Crippen LogP contribution in [0.2, 0.25) is 0 Å². The highest BCUT2D eigenvalue weighted by atomic mass is 16.3. The summed E-state index contributed by atoms with van der Waals surface area (Å²) in [6, 6.07) is -0.533. The van der Waals surface area contributed by atoms with Crippen LogP contribution in [0.4, 0.5) is 0 Å². The highest BCUT2D eigenvalue weighted by Gasteiger charge is 2.20. The van der Waals surface area contributed by atoms with Gasteiger partial charge in [0.05, 0.1) is 18.8 Å². The normalized spacial score (nSPS) is 12.5. The van der Waals surface area contributed by atoms with Crippen molar-refractivity contribution in [3.63, 3.8) is 0 Å². The highest BCUT2D eigenvalue weighted by Crippen LogP contribution is 2.20. The summed E-state index contributed by atoms with van der Waals surface area (Å²) in [4.78, 5) is 12.6. The molecule has 0 aliphatic carbocycles. The number of carbonyl (C=O) groups is 1. The molecule has 1 amide bonds. The summed E-state index contributed by atoms with van der Waals surface area (Å²) < 4.78 is 0. The van der Waals surface area contributed by atoms with Crippen LogP contribution in [0.3, 0.4) is 0 Å². The Morgan fingerprint density at radius 1 is 0.263 bits per heavy atom. The summed E-state index contributed by atoms with van der Waals surface area (Å²) >= 11 is 0. The van der Waals surface area contributed by atoms with Crippen molar-refractivity contribution >= 4 is 5.91 Å². The van der Waals surface area contributed by atoms with Gasteiger partial charge in [0.15, 0.2) is 0 Å². The van der Waals surface area contributed by atoms with Crippen LogP contribution in [0.1, 0.15) is 438 Å². The zero-order chi connectivity index (χ0) is 54.8. The molecule has 0 bridgehead atoms. The maximum atomic E-state index is 12.6. The van der Waals surface area contributed by atoms with E-state index in [0.29, 0.717) is 12.8 Å². The van der Waals surface area contributed by atoms with Gasteiger partial charge in [0.25, 0.3) is 0 Å². The maximum Gasteiger partial charge on any atom is 0.220 e. The molecule has 4 heteroatoms. The van der Waals surface area contributed by atoms with Crippen molar-refractivity contribution in [1.29, 1.82) is 0 Å². The van der Waals surface area contributed by atoms with E-state index in [1.54, 1.807) is 0 Å². The summed E-state index contributed by atoms with van der Waals surface area (Å²) in [6.45, 7) is 4.42. The van der Waals surface area contributed by atoms with E-state index < -0.39 is 12.1 Å². The van der Waals surface area contributed by atoms with Crippen LogP contribution in [0, 0.1) is 0 Å². The molecule has 0 aromatic rings. The standard InChI is InChI=1S/C72H145NO3/c1-3-5-7-9-11-13-15-17-19-21-23-25-27-29-31-33-35-36-38-39-41-43-45-47-49-51-53-55-57-59-61-63-65-67-71(75)70(69-74)73-72(76)68-66-64-62-60-58-56-54-52-50-48-46-44-42-40-37-34-32-30-28-26-24-22-20-18-16-14-12-10-8-6-4-2/h70-71,74-75H,3-69H2,1-2H3,(H,73,76). The fraction of sp³-hybridized carbons (Fsp3) is 0.986. The number of hydrogen-bond donors (Lipinski definition) is 3. The van der Waals surface area contributed by atoms with Crippen molar-refractivity contribution in [2.75, 3.05) is 6.61 Å². The van der Waals surface area contributed by atoms with E-state index in [0.717, 1.165) is 25.7 Å². The number of rotatable bonds is 69. The van der Waals surface area contributed by atoms with Crippen LogP contribution < -0.4 is 5.32 Å². The van der Waals surface area contributed by atoms with Crippen LogP contribution in [0.15, 0.2) is 0 Å². The first-order chi connectivity index (χ1) is 37.7. The molecule has 3 N–H and O–H groups in total. The molecular weight excluding hydrogens is 927 g/mol. The summed E-state index contributed by atoms with van der Waals surface area (Å²) in [6.07, 6.45) is 90.4. The fourth-order valence-corrected chi connectivity index (χ4v) is 12.1. The van der Waals surface area contributed by atoms with Crippen molar-refractivity contribution in [2.45, 2.75) is 450 Å². The average Bonchev–Trinajstić information content (AvgIpc) is 3.42. The molecule has 456 valence electrons. The molecule has 0 heterocycles. The van der Waals surface area contributed by atoms with E-state index in [-0.39, 0.29) is 12.5 Å². The Labute approximate surface area is 480 Å². The zero-order valence-electron chi connectivity index (χ0n) is 52.8. The molecule has 0 fully saturated rings. The average molecular weight is 1070 g/mol. The number of aliphatic hydroxyl groups is 2. The van der Waals surface area contributed by atoms with Gasteiger partial charge in [0.1, 0.15) is 0 Å². The van der Waals surface area contributed by atoms with E-state index in [9.17, 15) is 15.0 Å². The molecular formula is C72H145NO3. The van der Waals surface area contributed by atoms with Gasteiger partial charge >= 0.3 is 0 Å². The van der Waals surface area contributed by atoms with Gasteiger partial charge < -0.3 is 15.5 Å². The van der Waals surface area contributed by atoms with E-state index in [4.69, 9.17) is 0 Å². The number of aliphatic hydroxyl groups excluding tert-OH is 2. The molecule has 0 aliphatic heterocycles. The van der Waals surface area contributed by atoms with Gasteiger partial charge in [-0.15, -0.1) is 0 Å². The van der Waals surface area contributed by atoms with Gasteiger partial charge in [-0.2, -0.15) is 0 Å². The number of nitrogens with one attached hydrogen (secondary N) is 1. The topological polar surface area (TPSA) is 69.6 Å². The zero-order valence-corrected chi connectivity index (χ0v) is 52.8. The Kier molecular flexibility index (Phi) is 68.1. The Balaban J connectivity index is 3.35. The fourth-order valence-electron chi connectivity index (χ4n) is 12.1. The number of carbonyl (C=O) groups excluding carboxylic acids is 1. The Bertz CT molecular complexity index is 1030. The lowest BCUT2D eigenvalue weighted by molar-refractivity contribution is -0.123. The summed E-state index contributed by atoms with van der Waals surface area (Å²) in [5, 5.41) is 23.5. The second-order valence-electron chi connectivity index (χ2n) is 25.4. The summed E-state index contributed by atoms with van der Waals surface area (Å²) in [7, 11) is 0. The monoisotopic (exact) mass is 1070 g/mol. The van der Waals surface area contributed by atoms with Gasteiger partial charge in [-0.05, 0) is 12.8 Å². The molecule has 0 rings (SSSR count). The van der Waals surface area contributed by atoms with Crippen LogP contribution in [0.25, 0.3) is 0 Å². The minimum atomic E-state index is -0.657. The van der Waals surface area contributed by atoms with Crippen molar-refractivity contribution in [2.24, 2.45) is 0 Å². The molecule has 4 nitrogen and oxygen atoms in total. The number of unbranched alkanes of at least 4 members (excludes halogenated alkanes) is 62. The third kappa shape index (κ3) is 64.2. The Morgan fingerprint density at radius 3 is 0.592 bits per heavy atom. The van der Waals surface area contributed by atoms with E-state index in [1.807, 2.05) is 0 Å². The van der Waals surface area contributed by atoms with Crippen molar-refractivity contribution in [3.05, 3.63) is 0 Å². The van der Waals surface area contributed by atoms with Crippen molar-refractivity contribution in [1.82, 2.24) is 5.32 Å². The molecule has 0 spiro atoms.